The number of carbonyl (C=O) groups excluding carboxylic acids is 4. The monoisotopic (exact) mass is 446 g/mol. The standard InChI is InChI=1S/C22H26N2O8/c1-7(2)15(21(29)30)23-17(25)11-9-5-6-10(12(11)18(23)26)14-13(9)19(27)24(20(14)28)16(8(3)4)22(31)32/h5-16H,1-4H3,(H,29,30)(H,31,32)/t9?,10?,11-,12+,13-,14+,15-,16-/m1/s1. The molecule has 2 bridgehead atoms. The van der Waals surface area contributed by atoms with Crippen molar-refractivity contribution in [3.05, 3.63) is 12.2 Å². The molecule has 0 radical (unpaired) electrons. The fraction of sp³-hybridized carbons (Fsp3) is 0.636. The third-order valence-corrected chi connectivity index (χ3v) is 7.40. The molecule has 10 heteroatoms. The molecule has 3 fully saturated rings. The molecule has 1 saturated carbocycles. The van der Waals surface area contributed by atoms with Crippen molar-refractivity contribution in [1.82, 2.24) is 9.80 Å². The fourth-order valence-electron chi connectivity index (χ4n) is 6.21. The molecule has 0 aromatic carbocycles. The third kappa shape index (κ3) is 2.70. The quantitative estimate of drug-likeness (QED) is 0.435. The second-order valence-electron chi connectivity index (χ2n) is 9.79. The van der Waals surface area contributed by atoms with E-state index in [2.05, 4.69) is 0 Å². The number of hydrogen-bond donors (Lipinski definition) is 2. The third-order valence-electron chi connectivity index (χ3n) is 7.40. The van der Waals surface area contributed by atoms with Crippen LogP contribution in [0.5, 0.6) is 0 Å². The number of carbonyl (C=O) groups is 6. The number of amides is 4. The summed E-state index contributed by atoms with van der Waals surface area (Å²) in [5.74, 6) is -11.4. The molecule has 2 N–H and O–H groups in total. The van der Waals surface area contributed by atoms with Gasteiger partial charge in [0.1, 0.15) is 12.1 Å². The summed E-state index contributed by atoms with van der Waals surface area (Å²) in [6.45, 7) is 6.41. The van der Waals surface area contributed by atoms with E-state index in [-0.39, 0.29) is 0 Å². The van der Waals surface area contributed by atoms with Crippen molar-refractivity contribution in [3.63, 3.8) is 0 Å². The smallest absolute Gasteiger partial charge is 0.327 e. The fourth-order valence-corrected chi connectivity index (χ4v) is 6.21. The van der Waals surface area contributed by atoms with E-state index in [1.807, 2.05) is 0 Å². The minimum Gasteiger partial charge on any atom is -0.480 e. The number of allylic oxidation sites excluding steroid dienone is 2. The van der Waals surface area contributed by atoms with Crippen LogP contribution in [-0.2, 0) is 28.8 Å². The van der Waals surface area contributed by atoms with Gasteiger partial charge in [0.05, 0.1) is 23.7 Å². The van der Waals surface area contributed by atoms with Crippen molar-refractivity contribution in [2.24, 2.45) is 47.3 Å². The van der Waals surface area contributed by atoms with E-state index in [1.54, 1.807) is 39.8 Å². The van der Waals surface area contributed by atoms with Crippen LogP contribution in [-0.4, -0.2) is 67.7 Å². The van der Waals surface area contributed by atoms with Crippen LogP contribution in [0.25, 0.3) is 0 Å². The van der Waals surface area contributed by atoms with Gasteiger partial charge in [0.2, 0.25) is 23.6 Å². The lowest BCUT2D eigenvalue weighted by molar-refractivity contribution is -0.158. The van der Waals surface area contributed by atoms with Gasteiger partial charge < -0.3 is 10.2 Å². The molecular weight excluding hydrogens is 420 g/mol. The summed E-state index contributed by atoms with van der Waals surface area (Å²) in [5, 5.41) is 19.3. The zero-order valence-electron chi connectivity index (χ0n) is 18.2. The zero-order chi connectivity index (χ0) is 23.8. The number of imide groups is 2. The van der Waals surface area contributed by atoms with Crippen LogP contribution in [0.1, 0.15) is 27.7 Å². The molecule has 6 atom stereocenters. The highest BCUT2D eigenvalue weighted by molar-refractivity contribution is 6.13. The van der Waals surface area contributed by atoms with Gasteiger partial charge in [-0.2, -0.15) is 0 Å². The van der Waals surface area contributed by atoms with Gasteiger partial charge >= 0.3 is 11.9 Å². The summed E-state index contributed by atoms with van der Waals surface area (Å²) in [6, 6.07) is -2.67. The molecule has 0 unspecified atom stereocenters. The first-order chi connectivity index (χ1) is 14.9. The molecule has 2 aliphatic heterocycles. The second kappa shape index (κ2) is 7.25. The first-order valence-electron chi connectivity index (χ1n) is 10.8. The molecule has 5 rings (SSSR count). The number of aliphatic carboxylic acids is 2. The van der Waals surface area contributed by atoms with Crippen molar-refractivity contribution >= 4 is 35.6 Å². The highest BCUT2D eigenvalue weighted by Gasteiger charge is 2.70. The van der Waals surface area contributed by atoms with Gasteiger partial charge in [-0.15, -0.1) is 0 Å². The van der Waals surface area contributed by atoms with Gasteiger partial charge in [-0.25, -0.2) is 9.59 Å². The Labute approximate surface area is 184 Å². The molecule has 10 nitrogen and oxygen atoms in total. The maximum absolute atomic E-state index is 13.3. The predicted molar refractivity (Wildman–Crippen MR) is 106 cm³/mol. The summed E-state index contributed by atoms with van der Waals surface area (Å²) in [7, 11) is 0. The summed E-state index contributed by atoms with van der Waals surface area (Å²) in [4.78, 5) is 78.5. The van der Waals surface area contributed by atoms with Crippen LogP contribution in [0.3, 0.4) is 0 Å². The summed E-state index contributed by atoms with van der Waals surface area (Å²) in [6.07, 6.45) is 3.32. The normalized spacial score (nSPS) is 35.1. The van der Waals surface area contributed by atoms with Crippen molar-refractivity contribution in [3.8, 4) is 0 Å². The molecule has 0 spiro atoms. The van der Waals surface area contributed by atoms with Crippen LogP contribution in [0.2, 0.25) is 0 Å². The summed E-state index contributed by atoms with van der Waals surface area (Å²) >= 11 is 0. The molecule has 32 heavy (non-hydrogen) atoms. The Hall–Kier alpha value is -3.04. The predicted octanol–water partition coefficient (Wildman–Crippen LogP) is 0.223. The Morgan fingerprint density at radius 1 is 0.656 bits per heavy atom. The van der Waals surface area contributed by atoms with E-state index in [1.165, 1.54) is 0 Å². The van der Waals surface area contributed by atoms with Crippen LogP contribution in [0, 0.1) is 47.3 Å². The number of rotatable bonds is 6. The van der Waals surface area contributed by atoms with Crippen LogP contribution < -0.4 is 0 Å². The van der Waals surface area contributed by atoms with Crippen LogP contribution >= 0.6 is 0 Å². The SMILES string of the molecule is CC(C)[C@H](C(=O)O)N1C(=O)[C@@H]2C3C=CC([C@@H]2C1=O)[C@@H]1C(=O)N([C@@H](C(=O)O)C(C)C)C(=O)[C@H]31. The minimum atomic E-state index is -1.33. The van der Waals surface area contributed by atoms with Crippen molar-refractivity contribution < 1.29 is 39.0 Å². The molecule has 172 valence electrons. The molecule has 5 aliphatic rings. The Kier molecular flexibility index (Phi) is 5.02. The largest absolute Gasteiger partial charge is 0.480 e. The lowest BCUT2D eigenvalue weighted by Crippen LogP contribution is -2.50. The van der Waals surface area contributed by atoms with Gasteiger partial charge in [0, 0.05) is 11.8 Å². The van der Waals surface area contributed by atoms with Crippen molar-refractivity contribution in [2.75, 3.05) is 0 Å². The highest BCUT2D eigenvalue weighted by Crippen LogP contribution is 2.58. The Bertz CT molecular complexity index is 849. The van der Waals surface area contributed by atoms with Crippen molar-refractivity contribution in [2.45, 2.75) is 39.8 Å². The molecule has 2 heterocycles. The van der Waals surface area contributed by atoms with E-state index in [0.29, 0.717) is 0 Å². The number of carboxylic acid groups (broad SMARTS) is 2. The molecular formula is C22H26N2O8. The maximum Gasteiger partial charge on any atom is 0.327 e. The molecule has 2 saturated heterocycles. The average Bonchev–Trinajstić information content (AvgIpc) is 3.11. The Balaban J connectivity index is 1.75. The topological polar surface area (TPSA) is 149 Å². The molecule has 4 amide bonds. The number of likely N-dealkylation sites (tertiary alicyclic amines) is 2. The highest BCUT2D eigenvalue weighted by atomic mass is 16.4. The van der Waals surface area contributed by atoms with E-state index in [9.17, 15) is 39.0 Å². The van der Waals surface area contributed by atoms with Gasteiger partial charge in [-0.1, -0.05) is 39.8 Å². The van der Waals surface area contributed by atoms with Gasteiger partial charge in [0.15, 0.2) is 0 Å². The first kappa shape index (κ1) is 22.2. The van der Waals surface area contributed by atoms with E-state index in [4.69, 9.17) is 0 Å². The lowest BCUT2D eigenvalue weighted by atomic mass is 9.54. The number of carboxylic acids is 2. The average molecular weight is 446 g/mol. The van der Waals surface area contributed by atoms with Crippen LogP contribution in [0.4, 0.5) is 0 Å². The van der Waals surface area contributed by atoms with Crippen molar-refractivity contribution in [1.29, 1.82) is 0 Å². The van der Waals surface area contributed by atoms with Gasteiger partial charge in [0.25, 0.3) is 0 Å². The molecule has 3 aliphatic carbocycles. The Morgan fingerprint density at radius 2 is 0.906 bits per heavy atom. The maximum atomic E-state index is 13.3. The lowest BCUT2D eigenvalue weighted by Gasteiger charge is -2.44. The molecule has 0 aromatic heterocycles. The minimum absolute atomic E-state index is 0.521. The summed E-state index contributed by atoms with van der Waals surface area (Å²) < 4.78 is 0. The number of hydrogen-bond acceptors (Lipinski definition) is 6. The van der Waals surface area contributed by atoms with Crippen LogP contribution in [0.15, 0.2) is 12.2 Å². The zero-order valence-corrected chi connectivity index (χ0v) is 18.2. The number of nitrogens with zero attached hydrogens (tertiary/aromatic N) is 2. The van der Waals surface area contributed by atoms with E-state index < -0.39 is 95.0 Å². The Morgan fingerprint density at radius 3 is 1.09 bits per heavy atom. The second-order valence-corrected chi connectivity index (χ2v) is 9.79. The van der Waals surface area contributed by atoms with Gasteiger partial charge in [-0.3, -0.25) is 29.0 Å². The van der Waals surface area contributed by atoms with Gasteiger partial charge in [-0.05, 0) is 11.8 Å². The molecule has 0 aromatic rings. The first-order valence-corrected chi connectivity index (χ1v) is 10.8. The summed E-state index contributed by atoms with van der Waals surface area (Å²) in [5.41, 5.74) is 0. The van der Waals surface area contributed by atoms with E-state index in [0.717, 1.165) is 9.80 Å². The van der Waals surface area contributed by atoms with E-state index >= 15 is 0 Å².